The van der Waals surface area contributed by atoms with Crippen molar-refractivity contribution in [1.82, 2.24) is 4.31 Å². The maximum atomic E-state index is 12.8. The number of ketones is 1. The van der Waals surface area contributed by atoms with E-state index in [2.05, 4.69) is 5.32 Å². The molecule has 0 saturated carbocycles. The zero-order chi connectivity index (χ0) is 21.0. The predicted molar refractivity (Wildman–Crippen MR) is 110 cm³/mol. The van der Waals surface area contributed by atoms with Crippen molar-refractivity contribution in [3.63, 3.8) is 0 Å². The molecule has 0 unspecified atom stereocenters. The van der Waals surface area contributed by atoms with Gasteiger partial charge < -0.3 is 10.1 Å². The Bertz CT molecular complexity index is 994. The molecule has 1 N–H and O–H groups in total. The predicted octanol–water partition coefficient (Wildman–Crippen LogP) is 2.94. The van der Waals surface area contributed by atoms with Crippen molar-refractivity contribution < 1.29 is 22.7 Å². The number of anilines is 1. The van der Waals surface area contributed by atoms with Gasteiger partial charge in [0.05, 0.1) is 12.0 Å². The van der Waals surface area contributed by atoms with Crippen molar-refractivity contribution >= 4 is 27.4 Å². The zero-order valence-electron chi connectivity index (χ0n) is 16.4. The van der Waals surface area contributed by atoms with Gasteiger partial charge in [-0.15, -0.1) is 0 Å². The monoisotopic (exact) mass is 416 g/mol. The van der Waals surface area contributed by atoms with Gasteiger partial charge in [0, 0.05) is 36.3 Å². The standard InChI is InChI=1S/C21H24N2O5S/c1-15(24)16-6-8-20(9-7-16)29(26,27)23-12-10-17(11-13-23)21(25)22-18-4-3-5-19(14-18)28-2/h3-9,14,17H,10-13H2,1-2H3,(H,22,25). The Hall–Kier alpha value is -2.71. The van der Waals surface area contributed by atoms with Gasteiger partial charge in [-0.2, -0.15) is 4.31 Å². The number of nitrogens with one attached hydrogen (secondary N) is 1. The molecule has 29 heavy (non-hydrogen) atoms. The fraction of sp³-hybridized carbons (Fsp3) is 0.333. The summed E-state index contributed by atoms with van der Waals surface area (Å²) in [4.78, 5) is 24.1. The molecule has 0 aromatic heterocycles. The zero-order valence-corrected chi connectivity index (χ0v) is 17.2. The normalized spacial score (nSPS) is 15.7. The van der Waals surface area contributed by atoms with E-state index in [1.165, 1.54) is 35.5 Å². The number of methoxy groups -OCH3 is 1. The van der Waals surface area contributed by atoms with E-state index in [1.54, 1.807) is 31.4 Å². The van der Waals surface area contributed by atoms with Crippen molar-refractivity contribution in [2.75, 3.05) is 25.5 Å². The first-order valence-electron chi connectivity index (χ1n) is 9.37. The lowest BCUT2D eigenvalue weighted by Crippen LogP contribution is -2.41. The molecule has 1 aliphatic rings. The summed E-state index contributed by atoms with van der Waals surface area (Å²) in [5, 5.41) is 2.87. The summed E-state index contributed by atoms with van der Waals surface area (Å²) >= 11 is 0. The van der Waals surface area contributed by atoms with E-state index in [0.717, 1.165) is 0 Å². The van der Waals surface area contributed by atoms with Gasteiger partial charge >= 0.3 is 0 Å². The van der Waals surface area contributed by atoms with Crippen LogP contribution in [0.25, 0.3) is 0 Å². The number of hydrogen-bond donors (Lipinski definition) is 1. The topological polar surface area (TPSA) is 92.8 Å². The van der Waals surface area contributed by atoms with Crippen LogP contribution in [0.4, 0.5) is 5.69 Å². The number of sulfonamides is 1. The van der Waals surface area contributed by atoms with E-state index in [1.807, 2.05) is 0 Å². The molecule has 1 aliphatic heterocycles. The quantitative estimate of drug-likeness (QED) is 0.731. The minimum Gasteiger partial charge on any atom is -0.497 e. The largest absolute Gasteiger partial charge is 0.497 e. The van der Waals surface area contributed by atoms with E-state index in [0.29, 0.717) is 29.8 Å². The van der Waals surface area contributed by atoms with Gasteiger partial charge in [0.1, 0.15) is 5.75 Å². The lowest BCUT2D eigenvalue weighted by molar-refractivity contribution is -0.120. The number of carbonyl (C=O) groups is 2. The fourth-order valence-electron chi connectivity index (χ4n) is 3.31. The fourth-order valence-corrected chi connectivity index (χ4v) is 4.78. The molecule has 1 fully saturated rings. The molecule has 2 aromatic carbocycles. The van der Waals surface area contributed by atoms with Gasteiger partial charge in [-0.05, 0) is 44.0 Å². The second kappa shape index (κ2) is 8.75. The second-order valence-corrected chi connectivity index (χ2v) is 8.92. The molecule has 1 amide bonds. The van der Waals surface area contributed by atoms with E-state index in [4.69, 9.17) is 4.74 Å². The number of ether oxygens (including phenoxy) is 1. The Morgan fingerprint density at radius 2 is 1.72 bits per heavy atom. The smallest absolute Gasteiger partial charge is 0.243 e. The van der Waals surface area contributed by atoms with Crippen molar-refractivity contribution in [3.8, 4) is 5.75 Å². The summed E-state index contributed by atoms with van der Waals surface area (Å²) in [5.41, 5.74) is 1.12. The molecule has 7 nitrogen and oxygen atoms in total. The molecule has 1 saturated heterocycles. The van der Waals surface area contributed by atoms with Crippen LogP contribution in [-0.4, -0.2) is 44.6 Å². The molecule has 0 spiro atoms. The Labute approximate surface area is 170 Å². The maximum absolute atomic E-state index is 12.8. The molecule has 0 bridgehead atoms. The van der Waals surface area contributed by atoms with Gasteiger partial charge in [-0.3, -0.25) is 9.59 Å². The van der Waals surface area contributed by atoms with Gasteiger partial charge in [-0.1, -0.05) is 18.2 Å². The van der Waals surface area contributed by atoms with Gasteiger partial charge in [0.2, 0.25) is 15.9 Å². The average Bonchev–Trinajstić information content (AvgIpc) is 2.74. The second-order valence-electron chi connectivity index (χ2n) is 6.98. The molecular formula is C21H24N2O5S. The highest BCUT2D eigenvalue weighted by atomic mass is 32.2. The molecule has 8 heteroatoms. The molecule has 3 rings (SSSR count). The van der Waals surface area contributed by atoms with Crippen molar-refractivity contribution in [2.24, 2.45) is 5.92 Å². The molecule has 0 atom stereocenters. The minimum atomic E-state index is -3.65. The van der Waals surface area contributed by atoms with Crippen LogP contribution in [-0.2, 0) is 14.8 Å². The summed E-state index contributed by atoms with van der Waals surface area (Å²) in [7, 11) is -2.09. The summed E-state index contributed by atoms with van der Waals surface area (Å²) in [6, 6.07) is 13.0. The third-order valence-electron chi connectivity index (χ3n) is 5.06. The molecule has 154 valence electrons. The van der Waals surface area contributed by atoms with Crippen molar-refractivity contribution in [1.29, 1.82) is 0 Å². The van der Waals surface area contributed by atoms with Crippen molar-refractivity contribution in [3.05, 3.63) is 54.1 Å². The first-order chi connectivity index (χ1) is 13.8. The number of rotatable bonds is 6. The Morgan fingerprint density at radius 3 is 2.31 bits per heavy atom. The van der Waals surface area contributed by atoms with E-state index in [-0.39, 0.29) is 35.6 Å². The van der Waals surface area contributed by atoms with Crippen LogP contribution in [0.1, 0.15) is 30.1 Å². The highest BCUT2D eigenvalue weighted by Crippen LogP contribution is 2.26. The Morgan fingerprint density at radius 1 is 1.07 bits per heavy atom. The molecule has 0 radical (unpaired) electrons. The van der Waals surface area contributed by atoms with Crippen molar-refractivity contribution in [2.45, 2.75) is 24.7 Å². The van der Waals surface area contributed by atoms with E-state index >= 15 is 0 Å². The number of carbonyl (C=O) groups excluding carboxylic acids is 2. The van der Waals surface area contributed by atoms with Crippen LogP contribution in [0, 0.1) is 5.92 Å². The maximum Gasteiger partial charge on any atom is 0.243 e. The van der Waals surface area contributed by atoms with Crippen LogP contribution in [0.15, 0.2) is 53.4 Å². The van der Waals surface area contributed by atoms with E-state index < -0.39 is 10.0 Å². The van der Waals surface area contributed by atoms with Crippen LogP contribution in [0.3, 0.4) is 0 Å². The minimum absolute atomic E-state index is 0.114. The third kappa shape index (κ3) is 4.83. The molecular weight excluding hydrogens is 392 g/mol. The summed E-state index contributed by atoms with van der Waals surface area (Å²) in [5.74, 6) is 0.158. The average molecular weight is 416 g/mol. The highest BCUT2D eigenvalue weighted by Gasteiger charge is 2.32. The number of amides is 1. The molecule has 2 aromatic rings. The number of hydrogen-bond acceptors (Lipinski definition) is 5. The molecule has 1 heterocycles. The molecule has 0 aliphatic carbocycles. The number of Topliss-reactive ketones (excluding diaryl/α,β-unsaturated/α-hetero) is 1. The Kier molecular flexibility index (Phi) is 6.34. The first kappa shape index (κ1) is 21.0. The van der Waals surface area contributed by atoms with Crippen LogP contribution in [0.5, 0.6) is 5.75 Å². The van der Waals surface area contributed by atoms with Gasteiger partial charge in [0.15, 0.2) is 5.78 Å². The summed E-state index contributed by atoms with van der Waals surface area (Å²) in [6.07, 6.45) is 0.890. The number of benzene rings is 2. The SMILES string of the molecule is COc1cccc(NC(=O)C2CCN(S(=O)(=O)c3ccc(C(C)=O)cc3)CC2)c1. The summed E-state index contributed by atoms with van der Waals surface area (Å²) in [6.45, 7) is 1.98. The summed E-state index contributed by atoms with van der Waals surface area (Å²) < 4.78 is 32.2. The van der Waals surface area contributed by atoms with Crippen LogP contribution in [0.2, 0.25) is 0 Å². The first-order valence-corrected chi connectivity index (χ1v) is 10.8. The van der Waals surface area contributed by atoms with E-state index in [9.17, 15) is 18.0 Å². The highest BCUT2D eigenvalue weighted by molar-refractivity contribution is 7.89. The van der Waals surface area contributed by atoms with Crippen LogP contribution >= 0.6 is 0 Å². The van der Waals surface area contributed by atoms with Gasteiger partial charge in [-0.25, -0.2) is 8.42 Å². The number of piperidine rings is 1. The number of nitrogens with zero attached hydrogens (tertiary/aromatic N) is 1. The third-order valence-corrected chi connectivity index (χ3v) is 6.97. The van der Waals surface area contributed by atoms with Gasteiger partial charge in [0.25, 0.3) is 0 Å². The van der Waals surface area contributed by atoms with Crippen LogP contribution < -0.4 is 10.1 Å². The lowest BCUT2D eigenvalue weighted by Gasteiger charge is -2.30. The Balaban J connectivity index is 1.61. The lowest BCUT2D eigenvalue weighted by atomic mass is 9.97.